The standard InChI is InChI=1S/C16H13N5O3/c22-13(23)9-10-1-3-12(4-2-10)18-20-15-14(19-21-16(15)24)11-5-7-17-8-6-11/h1-8H,9H2,(H,22,23)(H2,19,21,24). The summed E-state index contributed by atoms with van der Waals surface area (Å²) in [5, 5.41) is 22.1. The fraction of sp³-hybridized carbons (Fsp3) is 0.0625. The third-order valence-electron chi connectivity index (χ3n) is 3.28. The van der Waals surface area contributed by atoms with Gasteiger partial charge < -0.3 is 5.11 Å². The first-order valence-electron chi connectivity index (χ1n) is 7.07. The van der Waals surface area contributed by atoms with Gasteiger partial charge in [-0.05, 0) is 29.8 Å². The molecule has 0 saturated heterocycles. The molecule has 24 heavy (non-hydrogen) atoms. The highest BCUT2D eigenvalue weighted by Gasteiger charge is 2.11. The average Bonchev–Trinajstić information content (AvgIpc) is 2.95. The molecule has 0 fully saturated rings. The Morgan fingerprint density at radius 1 is 1.04 bits per heavy atom. The van der Waals surface area contributed by atoms with Gasteiger partial charge in [-0.25, -0.2) is 0 Å². The number of aliphatic carboxylic acids is 1. The Hall–Kier alpha value is -3.55. The molecule has 0 amide bonds. The summed E-state index contributed by atoms with van der Waals surface area (Å²) in [4.78, 5) is 26.5. The Labute approximate surface area is 135 Å². The maximum atomic E-state index is 11.9. The van der Waals surface area contributed by atoms with Crippen LogP contribution in [-0.2, 0) is 11.2 Å². The predicted molar refractivity (Wildman–Crippen MR) is 86.6 cm³/mol. The van der Waals surface area contributed by atoms with Gasteiger partial charge >= 0.3 is 5.97 Å². The maximum Gasteiger partial charge on any atom is 0.307 e. The van der Waals surface area contributed by atoms with Gasteiger partial charge in [0.15, 0.2) is 5.69 Å². The molecule has 0 radical (unpaired) electrons. The van der Waals surface area contributed by atoms with Crippen molar-refractivity contribution in [3.8, 4) is 11.3 Å². The van der Waals surface area contributed by atoms with Crippen molar-refractivity contribution in [1.82, 2.24) is 15.2 Å². The Bertz CT molecular complexity index is 926. The number of aromatic nitrogens is 3. The maximum absolute atomic E-state index is 11.9. The number of carboxylic acid groups (broad SMARTS) is 1. The van der Waals surface area contributed by atoms with Crippen molar-refractivity contribution >= 4 is 17.3 Å². The summed E-state index contributed by atoms with van der Waals surface area (Å²) >= 11 is 0. The Kier molecular flexibility index (Phi) is 4.28. The Morgan fingerprint density at radius 2 is 1.75 bits per heavy atom. The van der Waals surface area contributed by atoms with E-state index in [9.17, 15) is 9.59 Å². The van der Waals surface area contributed by atoms with Gasteiger partial charge in [0.25, 0.3) is 5.56 Å². The lowest BCUT2D eigenvalue weighted by atomic mass is 10.1. The number of nitrogens with one attached hydrogen (secondary N) is 2. The highest BCUT2D eigenvalue weighted by molar-refractivity contribution is 5.71. The molecule has 2 aromatic heterocycles. The van der Waals surface area contributed by atoms with Gasteiger partial charge in [-0.3, -0.25) is 24.8 Å². The molecule has 3 rings (SSSR count). The molecule has 2 heterocycles. The van der Waals surface area contributed by atoms with Crippen LogP contribution < -0.4 is 5.56 Å². The van der Waals surface area contributed by atoms with E-state index in [2.05, 4.69) is 25.4 Å². The summed E-state index contributed by atoms with van der Waals surface area (Å²) in [6.45, 7) is 0. The smallest absolute Gasteiger partial charge is 0.307 e. The zero-order valence-electron chi connectivity index (χ0n) is 12.4. The van der Waals surface area contributed by atoms with Crippen molar-refractivity contribution in [2.24, 2.45) is 10.2 Å². The van der Waals surface area contributed by atoms with Crippen LogP contribution in [0, 0.1) is 0 Å². The molecule has 3 aromatic rings. The second kappa shape index (κ2) is 6.69. The van der Waals surface area contributed by atoms with Crippen LogP contribution in [0.2, 0.25) is 0 Å². The molecular formula is C16H13N5O3. The Balaban J connectivity index is 1.86. The number of rotatable bonds is 5. The van der Waals surface area contributed by atoms with Crippen LogP contribution in [0.5, 0.6) is 0 Å². The minimum Gasteiger partial charge on any atom is -0.481 e. The summed E-state index contributed by atoms with van der Waals surface area (Å²) in [5.74, 6) is -0.898. The number of carboxylic acids is 1. The largest absolute Gasteiger partial charge is 0.481 e. The first-order chi connectivity index (χ1) is 11.6. The van der Waals surface area contributed by atoms with E-state index in [1.54, 1.807) is 48.8 Å². The first-order valence-corrected chi connectivity index (χ1v) is 7.07. The molecule has 0 aliphatic carbocycles. The van der Waals surface area contributed by atoms with Crippen LogP contribution in [0.25, 0.3) is 11.3 Å². The molecule has 0 saturated carbocycles. The molecule has 8 nitrogen and oxygen atoms in total. The van der Waals surface area contributed by atoms with Gasteiger partial charge in [-0.2, -0.15) is 5.11 Å². The molecule has 0 atom stereocenters. The molecular weight excluding hydrogens is 310 g/mol. The van der Waals surface area contributed by atoms with E-state index >= 15 is 0 Å². The van der Waals surface area contributed by atoms with Crippen LogP contribution in [-0.4, -0.2) is 26.3 Å². The highest BCUT2D eigenvalue weighted by atomic mass is 16.4. The fourth-order valence-corrected chi connectivity index (χ4v) is 2.14. The van der Waals surface area contributed by atoms with Crippen LogP contribution in [0.1, 0.15) is 5.56 Å². The van der Waals surface area contributed by atoms with Crippen LogP contribution in [0.4, 0.5) is 11.4 Å². The van der Waals surface area contributed by atoms with Crippen molar-refractivity contribution in [3.63, 3.8) is 0 Å². The lowest BCUT2D eigenvalue weighted by Gasteiger charge is -1.98. The lowest BCUT2D eigenvalue weighted by Crippen LogP contribution is -1.99. The van der Waals surface area contributed by atoms with Gasteiger partial charge in [0, 0.05) is 18.0 Å². The van der Waals surface area contributed by atoms with Crippen molar-refractivity contribution < 1.29 is 9.90 Å². The van der Waals surface area contributed by atoms with Crippen LogP contribution in [0.15, 0.2) is 63.8 Å². The van der Waals surface area contributed by atoms with Gasteiger partial charge in [0.05, 0.1) is 17.8 Å². The van der Waals surface area contributed by atoms with E-state index in [0.29, 0.717) is 16.9 Å². The number of H-pyrrole nitrogens is 2. The number of aromatic amines is 2. The number of pyridine rings is 1. The second-order valence-electron chi connectivity index (χ2n) is 4.98. The molecule has 0 bridgehead atoms. The van der Waals surface area contributed by atoms with E-state index < -0.39 is 5.97 Å². The number of nitrogens with zero attached hydrogens (tertiary/aromatic N) is 3. The van der Waals surface area contributed by atoms with Gasteiger partial charge in [-0.1, -0.05) is 12.1 Å². The quantitative estimate of drug-likeness (QED) is 0.624. The van der Waals surface area contributed by atoms with Crippen LogP contribution >= 0.6 is 0 Å². The van der Waals surface area contributed by atoms with Gasteiger partial charge in [0.1, 0.15) is 0 Å². The Morgan fingerprint density at radius 3 is 2.42 bits per heavy atom. The van der Waals surface area contributed by atoms with Gasteiger partial charge in [0.2, 0.25) is 0 Å². The zero-order chi connectivity index (χ0) is 16.9. The molecule has 8 heteroatoms. The molecule has 3 N–H and O–H groups in total. The minimum absolute atomic E-state index is 0.0545. The van der Waals surface area contributed by atoms with E-state index in [1.807, 2.05) is 0 Å². The molecule has 0 aliphatic rings. The summed E-state index contributed by atoms with van der Waals surface area (Å²) in [6.07, 6.45) is 3.17. The molecule has 0 unspecified atom stereocenters. The SMILES string of the molecule is O=C(O)Cc1ccc(N=Nc2c(-c3ccncc3)[nH][nH]c2=O)cc1. The van der Waals surface area contributed by atoms with Crippen LogP contribution in [0.3, 0.4) is 0 Å². The molecule has 0 spiro atoms. The van der Waals surface area contributed by atoms with E-state index in [0.717, 1.165) is 5.56 Å². The fourth-order valence-electron chi connectivity index (χ4n) is 2.14. The average molecular weight is 323 g/mol. The third-order valence-corrected chi connectivity index (χ3v) is 3.28. The monoisotopic (exact) mass is 323 g/mol. The summed E-state index contributed by atoms with van der Waals surface area (Å²) in [6, 6.07) is 10.1. The van der Waals surface area contributed by atoms with Crippen molar-refractivity contribution in [2.45, 2.75) is 6.42 Å². The number of hydrogen-bond acceptors (Lipinski definition) is 5. The third kappa shape index (κ3) is 3.43. The number of carbonyl (C=O) groups is 1. The predicted octanol–water partition coefficient (Wildman–Crippen LogP) is 2.81. The number of hydrogen-bond donors (Lipinski definition) is 3. The zero-order valence-corrected chi connectivity index (χ0v) is 12.4. The normalized spacial score (nSPS) is 11.0. The van der Waals surface area contributed by atoms with Crippen molar-refractivity contribution in [2.75, 3.05) is 0 Å². The molecule has 120 valence electrons. The minimum atomic E-state index is -0.898. The van der Waals surface area contributed by atoms with E-state index in [1.165, 1.54) is 0 Å². The molecule has 1 aromatic carbocycles. The summed E-state index contributed by atoms with van der Waals surface area (Å²) < 4.78 is 0. The van der Waals surface area contributed by atoms with Crippen molar-refractivity contribution in [1.29, 1.82) is 0 Å². The molecule has 0 aliphatic heterocycles. The lowest BCUT2D eigenvalue weighted by molar-refractivity contribution is -0.136. The second-order valence-corrected chi connectivity index (χ2v) is 4.98. The number of azo groups is 1. The van der Waals surface area contributed by atoms with E-state index in [4.69, 9.17) is 5.11 Å². The topological polar surface area (TPSA) is 124 Å². The van der Waals surface area contributed by atoms with Gasteiger partial charge in [-0.15, -0.1) is 5.11 Å². The van der Waals surface area contributed by atoms with Crippen molar-refractivity contribution in [3.05, 3.63) is 64.7 Å². The number of benzene rings is 1. The van der Waals surface area contributed by atoms with E-state index in [-0.39, 0.29) is 17.7 Å². The summed E-state index contributed by atoms with van der Waals surface area (Å²) in [5.41, 5.74) is 2.25. The highest BCUT2D eigenvalue weighted by Crippen LogP contribution is 2.25. The first kappa shape index (κ1) is 15.3. The summed E-state index contributed by atoms with van der Waals surface area (Å²) in [7, 11) is 0.